The van der Waals surface area contributed by atoms with Crippen molar-refractivity contribution in [1.29, 1.82) is 0 Å². The first-order valence-corrected chi connectivity index (χ1v) is 24.2. The molecule has 2 aromatic heterocycles. The minimum Gasteiger partial charge on any atom is -0.455 e. The molecule has 0 unspecified atom stereocenters. The number of hydrogen-bond donors (Lipinski definition) is 0. The monoisotopic (exact) mass is 894 g/mol. The summed E-state index contributed by atoms with van der Waals surface area (Å²) < 4.78 is 9.44. The molecule has 14 rings (SSSR count). The molecule has 3 heteroatoms. The first-order valence-electron chi connectivity index (χ1n) is 24.2. The molecular weight excluding hydrogens is 849 g/mol. The van der Waals surface area contributed by atoms with Crippen LogP contribution in [0.4, 0.5) is 17.1 Å². The van der Waals surface area contributed by atoms with Crippen LogP contribution in [0.3, 0.4) is 0 Å². The topological polar surface area (TPSA) is 21.3 Å². The van der Waals surface area contributed by atoms with E-state index in [4.69, 9.17) is 4.42 Å². The van der Waals surface area contributed by atoms with Gasteiger partial charge in [-0.2, -0.15) is 0 Å². The highest BCUT2D eigenvalue weighted by molar-refractivity contribution is 6.18. The van der Waals surface area contributed by atoms with E-state index < -0.39 is 0 Å². The van der Waals surface area contributed by atoms with Gasteiger partial charge in [-0.25, -0.2) is 0 Å². The molecule has 13 aromatic rings. The summed E-state index contributed by atoms with van der Waals surface area (Å²) in [5.41, 5.74) is 20.5. The predicted octanol–water partition coefficient (Wildman–Crippen LogP) is 18.6. The van der Waals surface area contributed by atoms with E-state index in [2.05, 4.69) is 266 Å². The van der Waals surface area contributed by atoms with Gasteiger partial charge in [0.15, 0.2) is 0 Å². The number of hydrogen-bond acceptors (Lipinski definition) is 2. The highest BCUT2D eigenvalue weighted by atomic mass is 16.3. The van der Waals surface area contributed by atoms with Gasteiger partial charge >= 0.3 is 0 Å². The SMILES string of the molecule is CC1(C)c2ccccc2-c2ccc(-c3ccc(N(c4ccccc4-c4ccc5ccccc5c4)c4ccc(-c5cccc(-n6c7ccccc7c7ccccc76)c5)c5oc6ccccc6c45)cc3)cc21. The fraction of sp³-hybridized carbons (Fsp3) is 0.0448. The molecule has 1 aliphatic rings. The zero-order valence-electron chi connectivity index (χ0n) is 38.9. The van der Waals surface area contributed by atoms with E-state index in [1.165, 1.54) is 66.0 Å². The maximum absolute atomic E-state index is 7.05. The van der Waals surface area contributed by atoms with Gasteiger partial charge in [0.2, 0.25) is 0 Å². The molecule has 0 radical (unpaired) electrons. The summed E-state index contributed by atoms with van der Waals surface area (Å²) in [6, 6.07) is 88.6. The predicted molar refractivity (Wildman–Crippen MR) is 294 cm³/mol. The molecule has 0 fully saturated rings. The van der Waals surface area contributed by atoms with Crippen molar-refractivity contribution in [1.82, 2.24) is 4.57 Å². The first-order chi connectivity index (χ1) is 34.5. The normalized spacial score (nSPS) is 12.8. The third-order valence-corrected chi connectivity index (χ3v) is 15.0. The zero-order chi connectivity index (χ0) is 46.5. The summed E-state index contributed by atoms with van der Waals surface area (Å²) in [6.45, 7) is 4.70. The van der Waals surface area contributed by atoms with Crippen LogP contribution in [0.25, 0.3) is 105 Å². The van der Waals surface area contributed by atoms with Crippen LogP contribution in [0, 0.1) is 0 Å². The largest absolute Gasteiger partial charge is 0.455 e. The van der Waals surface area contributed by atoms with Crippen LogP contribution in [-0.2, 0) is 5.41 Å². The molecular formula is C67H46N2O. The molecule has 0 spiro atoms. The summed E-state index contributed by atoms with van der Waals surface area (Å²) in [4.78, 5) is 2.44. The van der Waals surface area contributed by atoms with E-state index in [0.717, 1.165) is 66.9 Å². The lowest BCUT2D eigenvalue weighted by molar-refractivity contribution is 0.660. The van der Waals surface area contributed by atoms with Crippen molar-refractivity contribution in [3.63, 3.8) is 0 Å². The van der Waals surface area contributed by atoms with Crippen molar-refractivity contribution in [3.05, 3.63) is 254 Å². The minimum atomic E-state index is -0.0809. The van der Waals surface area contributed by atoms with Crippen LogP contribution >= 0.6 is 0 Å². The molecule has 0 saturated carbocycles. The zero-order valence-corrected chi connectivity index (χ0v) is 38.9. The molecule has 0 atom stereocenters. The lowest BCUT2D eigenvalue weighted by atomic mass is 9.81. The molecule has 3 nitrogen and oxygen atoms in total. The summed E-state index contributed by atoms with van der Waals surface area (Å²) in [5.74, 6) is 0. The Balaban J connectivity index is 0.960. The number of rotatable bonds is 7. The van der Waals surface area contributed by atoms with Gasteiger partial charge < -0.3 is 13.9 Å². The Morgan fingerprint density at radius 3 is 1.81 bits per heavy atom. The van der Waals surface area contributed by atoms with Gasteiger partial charge in [-0.15, -0.1) is 0 Å². The van der Waals surface area contributed by atoms with E-state index in [-0.39, 0.29) is 5.41 Å². The Kier molecular flexibility index (Phi) is 8.93. The van der Waals surface area contributed by atoms with Gasteiger partial charge in [-0.3, -0.25) is 0 Å². The number of fused-ring (bicyclic) bond motifs is 10. The molecule has 330 valence electrons. The van der Waals surface area contributed by atoms with Crippen molar-refractivity contribution < 1.29 is 4.42 Å². The first kappa shape index (κ1) is 40.2. The number of nitrogens with zero attached hydrogens (tertiary/aromatic N) is 2. The molecule has 0 N–H and O–H groups in total. The molecule has 0 bridgehead atoms. The lowest BCUT2D eigenvalue weighted by Gasteiger charge is -2.29. The van der Waals surface area contributed by atoms with E-state index in [1.54, 1.807) is 0 Å². The van der Waals surface area contributed by atoms with Crippen LogP contribution in [0.5, 0.6) is 0 Å². The van der Waals surface area contributed by atoms with Crippen molar-refractivity contribution >= 4 is 71.6 Å². The maximum atomic E-state index is 7.05. The molecule has 0 saturated heterocycles. The van der Waals surface area contributed by atoms with E-state index in [1.807, 2.05) is 0 Å². The van der Waals surface area contributed by atoms with Crippen LogP contribution in [0.2, 0.25) is 0 Å². The molecule has 2 heterocycles. The lowest BCUT2D eigenvalue weighted by Crippen LogP contribution is -2.14. The van der Waals surface area contributed by atoms with Crippen molar-refractivity contribution in [2.75, 3.05) is 4.90 Å². The second-order valence-electron chi connectivity index (χ2n) is 19.2. The van der Waals surface area contributed by atoms with Gasteiger partial charge in [0.25, 0.3) is 0 Å². The van der Waals surface area contributed by atoms with Crippen molar-refractivity contribution in [2.24, 2.45) is 0 Å². The second kappa shape index (κ2) is 15.6. The third-order valence-electron chi connectivity index (χ3n) is 15.0. The fourth-order valence-electron chi connectivity index (χ4n) is 11.6. The average molecular weight is 895 g/mol. The fourth-order valence-corrected chi connectivity index (χ4v) is 11.6. The van der Waals surface area contributed by atoms with E-state index in [0.29, 0.717) is 0 Å². The summed E-state index contributed by atoms with van der Waals surface area (Å²) in [6.07, 6.45) is 0. The minimum absolute atomic E-state index is 0.0809. The number of anilines is 3. The van der Waals surface area contributed by atoms with Crippen LogP contribution < -0.4 is 4.90 Å². The highest BCUT2D eigenvalue weighted by Crippen LogP contribution is 2.51. The summed E-state index contributed by atoms with van der Waals surface area (Å²) >= 11 is 0. The molecule has 1 aliphatic carbocycles. The van der Waals surface area contributed by atoms with Gasteiger partial charge in [0.05, 0.1) is 27.8 Å². The van der Waals surface area contributed by atoms with Crippen molar-refractivity contribution in [2.45, 2.75) is 19.3 Å². The van der Waals surface area contributed by atoms with E-state index >= 15 is 0 Å². The number of aromatic nitrogens is 1. The Morgan fingerprint density at radius 1 is 0.386 bits per heavy atom. The standard InChI is InChI=1S/C67H46N2O/c1-67(2)58-25-10-5-21-53(58)54-37-34-46(42-59(54)67)44-32-35-49(36-33-44)68(60-26-11-6-20-51(60)48-31-30-43-16-3-4-17-45(43)40-48)63-39-38-52(66-65(63)57-24-9-14-29-64(57)70-66)47-18-15-19-50(41-47)69-61-27-12-7-22-55(61)56-23-8-13-28-62(56)69/h3-42H,1-2H3. The Labute approximate surface area is 406 Å². The summed E-state index contributed by atoms with van der Waals surface area (Å²) in [5, 5.41) is 7.05. The molecule has 11 aromatic carbocycles. The van der Waals surface area contributed by atoms with Crippen molar-refractivity contribution in [3.8, 4) is 50.2 Å². The van der Waals surface area contributed by atoms with Gasteiger partial charge in [-0.1, -0.05) is 184 Å². The van der Waals surface area contributed by atoms with Gasteiger partial charge in [-0.05, 0) is 128 Å². The number of furan rings is 1. The quantitative estimate of drug-likeness (QED) is 0.159. The van der Waals surface area contributed by atoms with E-state index in [9.17, 15) is 0 Å². The molecule has 70 heavy (non-hydrogen) atoms. The highest BCUT2D eigenvalue weighted by Gasteiger charge is 2.35. The van der Waals surface area contributed by atoms with Gasteiger partial charge in [0, 0.05) is 44.1 Å². The average Bonchev–Trinajstić information content (AvgIpc) is 4.05. The smallest absolute Gasteiger partial charge is 0.145 e. The Hall–Kier alpha value is -8.92. The summed E-state index contributed by atoms with van der Waals surface area (Å²) in [7, 11) is 0. The third kappa shape index (κ3) is 6.15. The van der Waals surface area contributed by atoms with Crippen LogP contribution in [0.1, 0.15) is 25.0 Å². The van der Waals surface area contributed by atoms with Crippen LogP contribution in [-0.4, -0.2) is 4.57 Å². The second-order valence-corrected chi connectivity index (χ2v) is 19.2. The Morgan fingerprint density at radius 2 is 1.00 bits per heavy atom. The van der Waals surface area contributed by atoms with Gasteiger partial charge in [0.1, 0.15) is 11.2 Å². The number of benzene rings is 11. The molecule has 0 amide bonds. The molecule has 0 aliphatic heterocycles. The maximum Gasteiger partial charge on any atom is 0.145 e. The number of para-hydroxylation sites is 4. The van der Waals surface area contributed by atoms with Crippen LogP contribution in [0.15, 0.2) is 247 Å². The Bertz CT molecular complexity index is 4170.